The number of nitrogens with one attached hydrogen (secondary N) is 1. The molecular formula is C17H25N3O2. The van der Waals surface area contributed by atoms with Crippen molar-refractivity contribution in [3.63, 3.8) is 0 Å². The molecule has 1 amide bonds. The number of rotatable bonds is 4. The summed E-state index contributed by atoms with van der Waals surface area (Å²) in [5.41, 5.74) is 1.53. The molecule has 0 unspecified atom stereocenters. The average Bonchev–Trinajstić information content (AvgIpc) is 2.53. The van der Waals surface area contributed by atoms with E-state index in [1.165, 1.54) is 11.1 Å². The van der Waals surface area contributed by atoms with Gasteiger partial charge in [-0.1, -0.05) is 31.2 Å². The van der Waals surface area contributed by atoms with Crippen molar-refractivity contribution < 1.29 is 9.90 Å². The minimum Gasteiger partial charge on any atom is -0.377 e. The van der Waals surface area contributed by atoms with Crippen LogP contribution < -0.4 is 5.32 Å². The zero-order valence-corrected chi connectivity index (χ0v) is 13.2. The number of aliphatic hydroxyl groups is 1. The van der Waals surface area contributed by atoms with Gasteiger partial charge in [0, 0.05) is 45.8 Å². The van der Waals surface area contributed by atoms with E-state index < -0.39 is 5.60 Å². The highest BCUT2D eigenvalue weighted by atomic mass is 16.3. The number of aryl methyl sites for hydroxylation is 1. The van der Waals surface area contributed by atoms with Gasteiger partial charge < -0.3 is 15.3 Å². The van der Waals surface area contributed by atoms with Gasteiger partial charge in [-0.05, 0) is 17.5 Å². The summed E-state index contributed by atoms with van der Waals surface area (Å²) in [6.07, 6.45) is 1.07. The van der Waals surface area contributed by atoms with Crippen LogP contribution in [0.5, 0.6) is 0 Å². The van der Waals surface area contributed by atoms with Crippen LogP contribution in [0.25, 0.3) is 0 Å². The van der Waals surface area contributed by atoms with E-state index in [2.05, 4.69) is 41.4 Å². The lowest BCUT2D eigenvalue weighted by Gasteiger charge is -2.42. The molecule has 0 radical (unpaired) electrons. The molecule has 0 spiro atoms. The quantitative estimate of drug-likeness (QED) is 0.836. The predicted octanol–water partition coefficient (Wildman–Crippen LogP) is 0.228. The number of carbonyl (C=O) groups is 1. The van der Waals surface area contributed by atoms with Crippen molar-refractivity contribution in [2.24, 2.45) is 0 Å². The van der Waals surface area contributed by atoms with E-state index >= 15 is 0 Å². The third-order valence-electron chi connectivity index (χ3n) is 4.73. The SMILES string of the molecule is CCc1ccc(CN2CCN(C(=O)C3(O)CNC3)CC2)cc1. The molecule has 120 valence electrons. The van der Waals surface area contributed by atoms with Gasteiger partial charge in [-0.2, -0.15) is 0 Å². The Balaban J connectivity index is 1.50. The molecule has 5 heteroatoms. The van der Waals surface area contributed by atoms with Gasteiger partial charge in [0.2, 0.25) is 0 Å². The highest BCUT2D eigenvalue weighted by molar-refractivity contribution is 5.86. The highest BCUT2D eigenvalue weighted by Crippen LogP contribution is 2.17. The first kappa shape index (κ1) is 15.5. The third-order valence-corrected chi connectivity index (χ3v) is 4.73. The molecule has 2 aliphatic heterocycles. The van der Waals surface area contributed by atoms with Crippen molar-refractivity contribution in [3.05, 3.63) is 35.4 Å². The molecule has 2 heterocycles. The lowest BCUT2D eigenvalue weighted by Crippen LogP contribution is -2.69. The number of carbonyl (C=O) groups excluding carboxylic acids is 1. The van der Waals surface area contributed by atoms with Crippen LogP contribution in [0, 0.1) is 0 Å². The molecule has 2 saturated heterocycles. The van der Waals surface area contributed by atoms with Gasteiger partial charge >= 0.3 is 0 Å². The Morgan fingerprint density at radius 2 is 1.73 bits per heavy atom. The molecule has 3 rings (SSSR count). The summed E-state index contributed by atoms with van der Waals surface area (Å²) in [6.45, 7) is 7.00. The molecule has 2 N–H and O–H groups in total. The van der Waals surface area contributed by atoms with Crippen LogP contribution >= 0.6 is 0 Å². The number of β-amino-alcohol motifs (C(OH)–C–C–N with tert-alkyl or cyclic N) is 1. The maximum atomic E-state index is 12.3. The fourth-order valence-electron chi connectivity index (χ4n) is 3.05. The molecule has 0 aliphatic carbocycles. The van der Waals surface area contributed by atoms with Crippen molar-refractivity contribution in [2.45, 2.75) is 25.5 Å². The van der Waals surface area contributed by atoms with Gasteiger partial charge in [0.15, 0.2) is 5.60 Å². The fourth-order valence-corrected chi connectivity index (χ4v) is 3.05. The van der Waals surface area contributed by atoms with Gasteiger partial charge in [-0.3, -0.25) is 9.69 Å². The van der Waals surface area contributed by atoms with Crippen molar-refractivity contribution in [3.8, 4) is 0 Å². The summed E-state index contributed by atoms with van der Waals surface area (Å²) in [4.78, 5) is 16.4. The maximum absolute atomic E-state index is 12.3. The lowest BCUT2D eigenvalue weighted by molar-refractivity contribution is -0.158. The first-order valence-electron chi connectivity index (χ1n) is 8.13. The minimum atomic E-state index is -1.15. The number of hydrogen-bond acceptors (Lipinski definition) is 4. The zero-order valence-electron chi connectivity index (χ0n) is 13.2. The van der Waals surface area contributed by atoms with E-state index in [1.807, 2.05) is 0 Å². The van der Waals surface area contributed by atoms with Crippen LogP contribution in [-0.4, -0.2) is 65.7 Å². The van der Waals surface area contributed by atoms with Crippen LogP contribution in [0.4, 0.5) is 0 Å². The predicted molar refractivity (Wildman–Crippen MR) is 85.5 cm³/mol. The van der Waals surface area contributed by atoms with Crippen molar-refractivity contribution >= 4 is 5.91 Å². The van der Waals surface area contributed by atoms with Gasteiger partial charge in [-0.15, -0.1) is 0 Å². The number of amides is 1. The van der Waals surface area contributed by atoms with E-state index in [0.717, 1.165) is 26.1 Å². The van der Waals surface area contributed by atoms with Crippen molar-refractivity contribution in [2.75, 3.05) is 39.3 Å². The van der Waals surface area contributed by atoms with Gasteiger partial charge in [-0.25, -0.2) is 0 Å². The third kappa shape index (κ3) is 3.16. The molecule has 1 aromatic rings. The normalized spacial score (nSPS) is 21.5. The molecule has 2 fully saturated rings. The number of piperazine rings is 1. The first-order chi connectivity index (χ1) is 10.6. The van der Waals surface area contributed by atoms with Gasteiger partial charge in [0.25, 0.3) is 5.91 Å². The highest BCUT2D eigenvalue weighted by Gasteiger charge is 2.45. The summed E-state index contributed by atoms with van der Waals surface area (Å²) in [5, 5.41) is 13.1. The zero-order chi connectivity index (χ0) is 15.6. The largest absolute Gasteiger partial charge is 0.377 e. The van der Waals surface area contributed by atoms with Crippen LogP contribution in [0.1, 0.15) is 18.1 Å². The first-order valence-corrected chi connectivity index (χ1v) is 8.13. The Kier molecular flexibility index (Phi) is 4.47. The summed E-state index contributed by atoms with van der Waals surface area (Å²) in [7, 11) is 0. The van der Waals surface area contributed by atoms with Gasteiger partial charge in [0.05, 0.1) is 0 Å². The molecule has 0 saturated carbocycles. The van der Waals surface area contributed by atoms with Crippen LogP contribution in [0.3, 0.4) is 0 Å². The molecule has 1 aromatic carbocycles. The minimum absolute atomic E-state index is 0.113. The number of nitrogens with zero attached hydrogens (tertiary/aromatic N) is 2. The van der Waals surface area contributed by atoms with E-state index in [4.69, 9.17) is 0 Å². The van der Waals surface area contributed by atoms with Crippen molar-refractivity contribution in [1.29, 1.82) is 0 Å². The van der Waals surface area contributed by atoms with E-state index in [0.29, 0.717) is 26.2 Å². The molecule has 0 aromatic heterocycles. The van der Waals surface area contributed by atoms with E-state index in [-0.39, 0.29) is 5.91 Å². The molecular weight excluding hydrogens is 278 g/mol. The van der Waals surface area contributed by atoms with E-state index in [9.17, 15) is 9.90 Å². The Hall–Kier alpha value is -1.43. The van der Waals surface area contributed by atoms with E-state index in [1.54, 1.807) is 4.90 Å². The molecule has 0 atom stereocenters. The Morgan fingerprint density at radius 3 is 2.23 bits per heavy atom. The van der Waals surface area contributed by atoms with Crippen LogP contribution in [-0.2, 0) is 17.8 Å². The number of benzene rings is 1. The summed E-state index contributed by atoms with van der Waals surface area (Å²) in [6, 6.07) is 8.76. The van der Waals surface area contributed by atoms with Gasteiger partial charge in [0.1, 0.15) is 0 Å². The summed E-state index contributed by atoms with van der Waals surface area (Å²) in [5.74, 6) is -0.113. The van der Waals surface area contributed by atoms with Crippen LogP contribution in [0.15, 0.2) is 24.3 Å². The maximum Gasteiger partial charge on any atom is 0.257 e. The Bertz CT molecular complexity index is 517. The summed E-state index contributed by atoms with van der Waals surface area (Å²) >= 11 is 0. The molecule has 2 aliphatic rings. The second kappa shape index (κ2) is 6.36. The average molecular weight is 303 g/mol. The monoisotopic (exact) mass is 303 g/mol. The second-order valence-electron chi connectivity index (χ2n) is 6.37. The Morgan fingerprint density at radius 1 is 1.14 bits per heavy atom. The summed E-state index contributed by atoms with van der Waals surface area (Å²) < 4.78 is 0. The fraction of sp³-hybridized carbons (Fsp3) is 0.588. The van der Waals surface area contributed by atoms with Crippen LogP contribution in [0.2, 0.25) is 0 Å². The number of hydrogen-bond donors (Lipinski definition) is 2. The molecule has 0 bridgehead atoms. The molecule has 5 nitrogen and oxygen atoms in total. The topological polar surface area (TPSA) is 55.8 Å². The molecule has 22 heavy (non-hydrogen) atoms. The smallest absolute Gasteiger partial charge is 0.257 e. The Labute approximate surface area is 131 Å². The standard InChI is InChI=1S/C17H25N3O2/c1-2-14-3-5-15(6-4-14)11-19-7-9-20(10-8-19)16(21)17(22)12-18-13-17/h3-6,18,22H,2,7-13H2,1H3. The lowest BCUT2D eigenvalue weighted by atomic mass is 9.95. The second-order valence-corrected chi connectivity index (χ2v) is 6.37. The van der Waals surface area contributed by atoms with Crippen molar-refractivity contribution in [1.82, 2.24) is 15.1 Å².